The summed E-state index contributed by atoms with van der Waals surface area (Å²) in [5.41, 5.74) is 3.32. The van der Waals surface area contributed by atoms with Crippen LogP contribution in [0.1, 0.15) is 34.8 Å². The molecule has 2 aliphatic rings. The van der Waals surface area contributed by atoms with Crippen molar-refractivity contribution < 1.29 is 4.79 Å². The average molecular weight is 281 g/mol. The van der Waals surface area contributed by atoms with Gasteiger partial charge in [-0.15, -0.1) is 0 Å². The van der Waals surface area contributed by atoms with Gasteiger partial charge in [0.25, 0.3) is 0 Å². The molecule has 0 radical (unpaired) electrons. The highest BCUT2D eigenvalue weighted by Crippen LogP contribution is 2.47. The Balaban J connectivity index is 1.86. The Morgan fingerprint density at radius 2 is 2.05 bits per heavy atom. The Labute approximate surface area is 124 Å². The molecule has 0 bridgehead atoms. The number of hydrogen-bond acceptors (Lipinski definition) is 4. The molecular formula is C17H19N3O. The number of aldehydes is 1. The zero-order chi connectivity index (χ0) is 14.2. The Bertz CT molecular complexity index is 688. The molecule has 108 valence electrons. The lowest BCUT2D eigenvalue weighted by molar-refractivity contribution is 0.111. The summed E-state index contributed by atoms with van der Waals surface area (Å²) in [6.45, 7) is 4.21. The number of benzene rings is 1. The van der Waals surface area contributed by atoms with Crippen LogP contribution in [0.2, 0.25) is 0 Å². The van der Waals surface area contributed by atoms with E-state index < -0.39 is 0 Å². The number of hydrogen-bond donors (Lipinski definition) is 1. The van der Waals surface area contributed by atoms with Gasteiger partial charge in [-0.25, -0.2) is 0 Å². The van der Waals surface area contributed by atoms with Gasteiger partial charge in [0, 0.05) is 43.4 Å². The van der Waals surface area contributed by atoms with E-state index in [0.29, 0.717) is 11.6 Å². The zero-order valence-electron chi connectivity index (χ0n) is 12.0. The molecule has 2 aromatic rings. The zero-order valence-corrected chi connectivity index (χ0v) is 12.0. The van der Waals surface area contributed by atoms with Gasteiger partial charge in [0.15, 0.2) is 6.29 Å². The molecule has 1 saturated carbocycles. The smallest absolute Gasteiger partial charge is 0.168 e. The number of aromatic nitrogens is 1. The van der Waals surface area contributed by atoms with Gasteiger partial charge in [-0.3, -0.25) is 9.78 Å². The molecule has 0 amide bonds. The second kappa shape index (κ2) is 5.11. The van der Waals surface area contributed by atoms with E-state index >= 15 is 0 Å². The van der Waals surface area contributed by atoms with Crippen LogP contribution >= 0.6 is 0 Å². The first-order valence-electron chi connectivity index (χ1n) is 7.70. The molecule has 4 nitrogen and oxygen atoms in total. The number of nitrogens with one attached hydrogen (secondary N) is 1. The monoisotopic (exact) mass is 281 g/mol. The first-order chi connectivity index (χ1) is 10.4. The summed E-state index contributed by atoms with van der Waals surface area (Å²) in [6.07, 6.45) is 5.25. The third-order valence-electron chi connectivity index (χ3n) is 4.51. The molecule has 4 rings (SSSR count). The lowest BCUT2D eigenvalue weighted by Gasteiger charge is -2.31. The summed E-state index contributed by atoms with van der Waals surface area (Å²) in [5, 5.41) is 5.76. The van der Waals surface area contributed by atoms with Crippen LogP contribution in [0.4, 0.5) is 5.69 Å². The molecule has 4 heteroatoms. The molecule has 1 aliphatic heterocycles. The lowest BCUT2D eigenvalue weighted by atomic mass is 9.99. The lowest BCUT2D eigenvalue weighted by Crippen LogP contribution is -2.43. The van der Waals surface area contributed by atoms with Crippen LogP contribution in [-0.4, -0.2) is 37.4 Å². The molecule has 1 aliphatic carbocycles. The molecule has 1 aromatic heterocycles. The molecule has 0 atom stereocenters. The van der Waals surface area contributed by atoms with Gasteiger partial charge in [0.2, 0.25) is 0 Å². The quantitative estimate of drug-likeness (QED) is 0.877. The first kappa shape index (κ1) is 12.8. The summed E-state index contributed by atoms with van der Waals surface area (Å²) < 4.78 is 0. The standard InChI is InChI=1S/C17H19N3O/c21-11-14-9-13-3-4-16(20-7-5-18-6-8-20)17(12-1-2-12)15(13)10-19-14/h3-4,9-12,18H,1-2,5-8H2. The second-order valence-corrected chi connectivity index (χ2v) is 5.96. The van der Waals surface area contributed by atoms with E-state index in [4.69, 9.17) is 0 Å². The molecule has 21 heavy (non-hydrogen) atoms. The van der Waals surface area contributed by atoms with Crippen molar-refractivity contribution in [1.29, 1.82) is 0 Å². The number of carbonyl (C=O) groups excluding carboxylic acids is 1. The summed E-state index contributed by atoms with van der Waals surface area (Å²) in [7, 11) is 0. The second-order valence-electron chi connectivity index (χ2n) is 5.96. The molecule has 2 heterocycles. The van der Waals surface area contributed by atoms with Crippen LogP contribution in [0.15, 0.2) is 24.4 Å². The van der Waals surface area contributed by atoms with E-state index in [9.17, 15) is 4.79 Å². The minimum Gasteiger partial charge on any atom is -0.369 e. The number of nitrogens with zero attached hydrogens (tertiary/aromatic N) is 2. The van der Waals surface area contributed by atoms with E-state index in [1.54, 1.807) is 0 Å². The van der Waals surface area contributed by atoms with Crippen LogP contribution < -0.4 is 10.2 Å². The van der Waals surface area contributed by atoms with Gasteiger partial charge in [-0.2, -0.15) is 0 Å². The van der Waals surface area contributed by atoms with Crippen molar-refractivity contribution in [2.75, 3.05) is 31.1 Å². The Hall–Kier alpha value is -1.94. The van der Waals surface area contributed by atoms with Crippen molar-refractivity contribution >= 4 is 22.7 Å². The Morgan fingerprint density at radius 1 is 1.24 bits per heavy atom. The maximum absolute atomic E-state index is 10.9. The molecule has 2 fully saturated rings. The predicted octanol–water partition coefficient (Wildman–Crippen LogP) is 2.33. The van der Waals surface area contributed by atoms with Gasteiger partial charge in [-0.05, 0) is 41.8 Å². The van der Waals surface area contributed by atoms with E-state index in [0.717, 1.165) is 37.9 Å². The van der Waals surface area contributed by atoms with Crippen molar-refractivity contribution in [2.24, 2.45) is 0 Å². The third kappa shape index (κ3) is 2.29. The van der Waals surface area contributed by atoms with Crippen molar-refractivity contribution in [3.05, 3.63) is 35.7 Å². The van der Waals surface area contributed by atoms with Crippen LogP contribution in [-0.2, 0) is 0 Å². The topological polar surface area (TPSA) is 45.2 Å². The summed E-state index contributed by atoms with van der Waals surface area (Å²) in [4.78, 5) is 17.7. The SMILES string of the molecule is O=Cc1cc2ccc(N3CCNCC3)c(C3CC3)c2cn1. The largest absolute Gasteiger partial charge is 0.369 e. The highest BCUT2D eigenvalue weighted by atomic mass is 16.1. The molecule has 1 aromatic carbocycles. The van der Waals surface area contributed by atoms with Crippen molar-refractivity contribution in [2.45, 2.75) is 18.8 Å². The highest BCUT2D eigenvalue weighted by Gasteiger charge is 2.30. The summed E-state index contributed by atoms with van der Waals surface area (Å²) in [5.74, 6) is 0.669. The third-order valence-corrected chi connectivity index (χ3v) is 4.51. The molecule has 1 N–H and O–H groups in total. The first-order valence-corrected chi connectivity index (χ1v) is 7.70. The van der Waals surface area contributed by atoms with Crippen molar-refractivity contribution in [3.8, 4) is 0 Å². The number of rotatable bonds is 3. The maximum Gasteiger partial charge on any atom is 0.168 e. The van der Waals surface area contributed by atoms with Gasteiger partial charge >= 0.3 is 0 Å². The number of fused-ring (bicyclic) bond motifs is 1. The van der Waals surface area contributed by atoms with E-state index in [1.165, 1.54) is 29.5 Å². The number of anilines is 1. The fourth-order valence-electron chi connectivity index (χ4n) is 3.29. The van der Waals surface area contributed by atoms with Crippen LogP contribution in [0.25, 0.3) is 10.8 Å². The number of piperazine rings is 1. The summed E-state index contributed by atoms with van der Waals surface area (Å²) >= 11 is 0. The molecular weight excluding hydrogens is 262 g/mol. The average Bonchev–Trinajstić information content (AvgIpc) is 3.38. The molecule has 1 saturated heterocycles. The van der Waals surface area contributed by atoms with E-state index in [-0.39, 0.29) is 0 Å². The molecule has 0 unspecified atom stereocenters. The summed E-state index contributed by atoms with van der Waals surface area (Å²) in [6, 6.07) is 6.26. The van der Waals surface area contributed by atoms with E-state index in [1.807, 2.05) is 12.3 Å². The van der Waals surface area contributed by atoms with Crippen LogP contribution in [0.5, 0.6) is 0 Å². The van der Waals surface area contributed by atoms with Crippen molar-refractivity contribution in [3.63, 3.8) is 0 Å². The predicted molar refractivity (Wildman–Crippen MR) is 84.2 cm³/mol. The van der Waals surface area contributed by atoms with Crippen LogP contribution in [0.3, 0.4) is 0 Å². The maximum atomic E-state index is 10.9. The van der Waals surface area contributed by atoms with Gasteiger partial charge in [0.1, 0.15) is 5.69 Å². The van der Waals surface area contributed by atoms with Gasteiger partial charge < -0.3 is 10.2 Å². The minimum atomic E-state index is 0.513. The highest BCUT2D eigenvalue weighted by molar-refractivity contribution is 5.93. The number of pyridine rings is 1. The molecule has 0 spiro atoms. The van der Waals surface area contributed by atoms with Gasteiger partial charge in [0.05, 0.1) is 0 Å². The Morgan fingerprint density at radius 3 is 2.76 bits per heavy atom. The Kier molecular flexibility index (Phi) is 3.11. The fourth-order valence-corrected chi connectivity index (χ4v) is 3.29. The van der Waals surface area contributed by atoms with E-state index in [2.05, 4.69) is 27.3 Å². The van der Waals surface area contributed by atoms with Crippen LogP contribution in [0, 0.1) is 0 Å². The minimum absolute atomic E-state index is 0.513. The normalized spacial score (nSPS) is 19.0. The fraction of sp³-hybridized carbons (Fsp3) is 0.412. The number of carbonyl (C=O) groups is 1. The van der Waals surface area contributed by atoms with Gasteiger partial charge in [-0.1, -0.05) is 6.07 Å². The van der Waals surface area contributed by atoms with Crippen molar-refractivity contribution in [1.82, 2.24) is 10.3 Å².